The Hall–Kier alpha value is -5.22. The van der Waals surface area contributed by atoms with Crippen LogP contribution in [0.5, 0.6) is 17.2 Å². The zero-order chi connectivity index (χ0) is 30.6. The Bertz CT molecular complexity index is 1620. The predicted molar refractivity (Wildman–Crippen MR) is 169 cm³/mol. The van der Waals surface area contributed by atoms with Crippen molar-refractivity contribution in [2.24, 2.45) is 0 Å². The molecule has 10 heteroatoms. The molecule has 4 aromatic rings. The second-order valence-corrected chi connectivity index (χ2v) is 10.1. The Labute approximate surface area is 254 Å². The number of thioether (sulfide) groups is 1. The van der Waals surface area contributed by atoms with E-state index in [-0.39, 0.29) is 17.4 Å². The lowest BCUT2D eigenvalue weighted by Gasteiger charge is -2.13. The van der Waals surface area contributed by atoms with Crippen LogP contribution in [0.3, 0.4) is 0 Å². The Balaban J connectivity index is 1.48. The standard InChI is InChI=1S/C33H31N3O6S/c1-40-26-13-7-11-24(19-26)34-31(37)21-43-27-14-8-12-25(20-27)35-33(39)28(36-32(38)23-9-5-4-6-10-23)17-22-15-16-29(41-2)30(18-22)42-3/h4-20H,21H2,1-3H3,(H,34,37)(H,35,39)(H,36,38)/b28-17+. The van der Waals surface area contributed by atoms with Crippen LogP contribution in [0.4, 0.5) is 11.4 Å². The molecule has 0 atom stereocenters. The molecular formula is C33H31N3O6S. The van der Waals surface area contributed by atoms with Gasteiger partial charge in [0.2, 0.25) is 5.91 Å². The number of carbonyl (C=O) groups is 3. The molecule has 0 aliphatic carbocycles. The first-order valence-electron chi connectivity index (χ1n) is 13.2. The number of nitrogens with one attached hydrogen (secondary N) is 3. The Kier molecular flexibility index (Phi) is 10.8. The Morgan fingerprint density at radius 2 is 1.44 bits per heavy atom. The maximum Gasteiger partial charge on any atom is 0.272 e. The quantitative estimate of drug-likeness (QED) is 0.139. The lowest BCUT2D eigenvalue weighted by molar-refractivity contribution is -0.114. The number of benzene rings is 4. The Morgan fingerprint density at radius 1 is 0.721 bits per heavy atom. The van der Waals surface area contributed by atoms with Gasteiger partial charge in [-0.25, -0.2) is 0 Å². The molecule has 9 nitrogen and oxygen atoms in total. The van der Waals surface area contributed by atoms with Crippen LogP contribution in [0.2, 0.25) is 0 Å². The average molecular weight is 598 g/mol. The predicted octanol–water partition coefficient (Wildman–Crippen LogP) is 5.85. The van der Waals surface area contributed by atoms with Gasteiger partial charge in [-0.3, -0.25) is 14.4 Å². The molecule has 3 N–H and O–H groups in total. The summed E-state index contributed by atoms with van der Waals surface area (Å²) in [5.41, 5.74) is 2.17. The van der Waals surface area contributed by atoms with Gasteiger partial charge in [-0.05, 0) is 66.2 Å². The molecule has 0 aliphatic rings. The summed E-state index contributed by atoms with van der Waals surface area (Å²) in [5, 5.41) is 8.41. The van der Waals surface area contributed by atoms with Crippen LogP contribution in [0.25, 0.3) is 6.08 Å². The minimum absolute atomic E-state index is 0.0248. The molecule has 0 unspecified atom stereocenters. The second kappa shape index (κ2) is 15.1. The smallest absolute Gasteiger partial charge is 0.272 e. The van der Waals surface area contributed by atoms with Gasteiger partial charge in [-0.1, -0.05) is 36.4 Å². The molecule has 0 bridgehead atoms. The second-order valence-electron chi connectivity index (χ2n) is 9.04. The third-order valence-electron chi connectivity index (χ3n) is 6.06. The third-order valence-corrected chi connectivity index (χ3v) is 7.06. The van der Waals surface area contributed by atoms with Crippen molar-refractivity contribution < 1.29 is 28.6 Å². The van der Waals surface area contributed by atoms with E-state index >= 15 is 0 Å². The average Bonchev–Trinajstić information content (AvgIpc) is 3.04. The van der Waals surface area contributed by atoms with Gasteiger partial charge >= 0.3 is 0 Å². The summed E-state index contributed by atoms with van der Waals surface area (Å²) in [5.74, 6) is 0.665. The summed E-state index contributed by atoms with van der Waals surface area (Å²) < 4.78 is 15.9. The number of rotatable bonds is 12. The highest BCUT2D eigenvalue weighted by atomic mass is 32.2. The maximum absolute atomic E-state index is 13.5. The Morgan fingerprint density at radius 3 is 2.16 bits per heavy atom. The number of amides is 3. The SMILES string of the molecule is COc1cccc(NC(=O)CSc2cccc(NC(=O)/C(=C\c3ccc(OC)c(OC)c3)NC(=O)c3ccccc3)c2)c1. The molecule has 220 valence electrons. The van der Waals surface area contributed by atoms with Crippen LogP contribution in [0.15, 0.2) is 108 Å². The number of carbonyl (C=O) groups excluding carboxylic acids is 3. The fraction of sp³-hybridized carbons (Fsp3) is 0.121. The zero-order valence-corrected chi connectivity index (χ0v) is 24.7. The number of methoxy groups -OCH3 is 3. The zero-order valence-electron chi connectivity index (χ0n) is 23.9. The molecule has 4 rings (SSSR count). The molecule has 0 aliphatic heterocycles. The molecule has 4 aromatic carbocycles. The van der Waals surface area contributed by atoms with E-state index in [1.807, 2.05) is 6.07 Å². The fourth-order valence-corrected chi connectivity index (χ4v) is 4.72. The summed E-state index contributed by atoms with van der Waals surface area (Å²) in [6, 6.07) is 28.0. The molecular weight excluding hydrogens is 566 g/mol. The highest BCUT2D eigenvalue weighted by molar-refractivity contribution is 8.00. The normalized spacial score (nSPS) is 10.8. The first-order chi connectivity index (χ1) is 20.9. The van der Waals surface area contributed by atoms with Crippen molar-refractivity contribution >= 4 is 46.9 Å². The van der Waals surface area contributed by atoms with Gasteiger partial charge in [-0.2, -0.15) is 0 Å². The van der Waals surface area contributed by atoms with Gasteiger partial charge in [0.1, 0.15) is 11.4 Å². The molecule has 3 amide bonds. The maximum atomic E-state index is 13.5. The van der Waals surface area contributed by atoms with Crippen LogP contribution >= 0.6 is 11.8 Å². The van der Waals surface area contributed by atoms with Crippen molar-refractivity contribution in [1.29, 1.82) is 0 Å². The topological polar surface area (TPSA) is 115 Å². The van der Waals surface area contributed by atoms with Gasteiger partial charge in [0.15, 0.2) is 11.5 Å². The summed E-state index contributed by atoms with van der Waals surface area (Å²) in [6.45, 7) is 0. The highest BCUT2D eigenvalue weighted by Gasteiger charge is 2.16. The first kappa shape index (κ1) is 30.7. The highest BCUT2D eigenvalue weighted by Crippen LogP contribution is 2.29. The summed E-state index contributed by atoms with van der Waals surface area (Å²) in [4.78, 5) is 39.7. The van der Waals surface area contributed by atoms with Gasteiger partial charge < -0.3 is 30.2 Å². The number of anilines is 2. The third kappa shape index (κ3) is 8.88. The minimum Gasteiger partial charge on any atom is -0.497 e. The number of ether oxygens (including phenoxy) is 3. The number of hydrogen-bond donors (Lipinski definition) is 3. The lowest BCUT2D eigenvalue weighted by Crippen LogP contribution is -2.30. The fourth-order valence-electron chi connectivity index (χ4n) is 3.96. The van der Waals surface area contributed by atoms with E-state index in [0.29, 0.717) is 39.8 Å². The van der Waals surface area contributed by atoms with E-state index in [0.717, 1.165) is 4.90 Å². The van der Waals surface area contributed by atoms with Gasteiger partial charge in [0, 0.05) is 27.9 Å². The van der Waals surface area contributed by atoms with Crippen LogP contribution in [-0.4, -0.2) is 44.8 Å². The molecule has 0 saturated heterocycles. The van der Waals surface area contributed by atoms with E-state index in [2.05, 4.69) is 16.0 Å². The molecule has 0 aromatic heterocycles. The van der Waals surface area contributed by atoms with Crippen molar-refractivity contribution in [3.8, 4) is 17.2 Å². The van der Waals surface area contributed by atoms with Gasteiger partial charge in [0.05, 0.1) is 27.1 Å². The molecule has 0 saturated carbocycles. The van der Waals surface area contributed by atoms with E-state index in [4.69, 9.17) is 14.2 Å². The monoisotopic (exact) mass is 597 g/mol. The van der Waals surface area contributed by atoms with Crippen molar-refractivity contribution in [3.05, 3.63) is 114 Å². The first-order valence-corrected chi connectivity index (χ1v) is 14.2. The largest absolute Gasteiger partial charge is 0.497 e. The summed E-state index contributed by atoms with van der Waals surface area (Å²) >= 11 is 1.32. The van der Waals surface area contributed by atoms with E-state index in [9.17, 15) is 14.4 Å². The van der Waals surface area contributed by atoms with Crippen molar-refractivity contribution in [2.45, 2.75) is 4.90 Å². The molecule has 0 radical (unpaired) electrons. The van der Waals surface area contributed by atoms with E-state index in [1.54, 1.807) is 104 Å². The molecule has 0 heterocycles. The van der Waals surface area contributed by atoms with Crippen molar-refractivity contribution in [3.63, 3.8) is 0 Å². The molecule has 0 spiro atoms. The summed E-state index contributed by atoms with van der Waals surface area (Å²) in [7, 11) is 4.62. The van der Waals surface area contributed by atoms with Gasteiger partial charge in [0.25, 0.3) is 11.8 Å². The van der Waals surface area contributed by atoms with Crippen LogP contribution in [-0.2, 0) is 9.59 Å². The van der Waals surface area contributed by atoms with Crippen molar-refractivity contribution in [2.75, 3.05) is 37.7 Å². The van der Waals surface area contributed by atoms with Crippen LogP contribution < -0.4 is 30.2 Å². The van der Waals surface area contributed by atoms with Gasteiger partial charge in [-0.15, -0.1) is 11.8 Å². The lowest BCUT2D eigenvalue weighted by atomic mass is 10.1. The summed E-state index contributed by atoms with van der Waals surface area (Å²) in [6.07, 6.45) is 1.56. The molecule has 0 fully saturated rings. The van der Waals surface area contributed by atoms with Crippen molar-refractivity contribution in [1.82, 2.24) is 5.32 Å². The van der Waals surface area contributed by atoms with Crippen LogP contribution in [0, 0.1) is 0 Å². The van der Waals surface area contributed by atoms with Crippen LogP contribution in [0.1, 0.15) is 15.9 Å². The van der Waals surface area contributed by atoms with E-state index in [1.165, 1.54) is 26.0 Å². The molecule has 43 heavy (non-hydrogen) atoms. The van der Waals surface area contributed by atoms with E-state index < -0.39 is 11.8 Å². The minimum atomic E-state index is -0.531. The number of hydrogen-bond acceptors (Lipinski definition) is 7.